The van der Waals surface area contributed by atoms with E-state index in [2.05, 4.69) is 29.7 Å². The lowest BCUT2D eigenvalue weighted by Crippen LogP contribution is -2.53. The van der Waals surface area contributed by atoms with E-state index in [0.717, 1.165) is 54.7 Å². The molecular formula is C26H30FN3O2S. The van der Waals surface area contributed by atoms with Gasteiger partial charge in [0.1, 0.15) is 11.4 Å². The van der Waals surface area contributed by atoms with Gasteiger partial charge in [0, 0.05) is 48.2 Å². The lowest BCUT2D eigenvalue weighted by Gasteiger charge is -2.43. The highest BCUT2D eigenvalue weighted by atomic mass is 32.1. The van der Waals surface area contributed by atoms with E-state index in [1.165, 1.54) is 22.6 Å². The third kappa shape index (κ3) is 4.25. The average Bonchev–Trinajstić information content (AvgIpc) is 3.24. The Morgan fingerprint density at radius 3 is 2.91 bits per heavy atom. The first-order valence-corrected chi connectivity index (χ1v) is 12.4. The summed E-state index contributed by atoms with van der Waals surface area (Å²) in [4.78, 5) is 18.4. The number of hydrogen-bond acceptors (Lipinski definition) is 5. The topological polar surface area (TPSA) is 58.8 Å². The number of ether oxygens (including phenoxy) is 1. The molecule has 1 unspecified atom stereocenters. The van der Waals surface area contributed by atoms with Gasteiger partial charge in [0.25, 0.3) is 5.91 Å². The van der Waals surface area contributed by atoms with Crippen LogP contribution >= 0.6 is 11.3 Å². The standard InChI is InChI=1S/C26H30FN3O2S/c1-17-16-30(22-5-3-4-18-14-20(27)6-7-21(18)22)12-11-29(17)10-9-26(2)24-19(8-13-32-26)15-23(33-24)25(28)31/h3-7,14-15,17H,8-13,16H2,1-2H3,(H2,28,31)/t17-,26?/m1/s1. The van der Waals surface area contributed by atoms with Crippen LogP contribution in [0.25, 0.3) is 10.8 Å². The first-order valence-electron chi connectivity index (χ1n) is 11.6. The zero-order valence-electron chi connectivity index (χ0n) is 19.1. The number of rotatable bonds is 5. The summed E-state index contributed by atoms with van der Waals surface area (Å²) >= 11 is 1.48. The molecule has 3 heterocycles. The Hall–Kier alpha value is -2.48. The Morgan fingerprint density at radius 2 is 2.12 bits per heavy atom. The minimum atomic E-state index is -0.386. The molecule has 2 aliphatic heterocycles. The molecule has 33 heavy (non-hydrogen) atoms. The van der Waals surface area contributed by atoms with Crippen molar-refractivity contribution in [1.82, 2.24) is 4.90 Å². The highest BCUT2D eigenvalue weighted by molar-refractivity contribution is 7.14. The van der Waals surface area contributed by atoms with Crippen molar-refractivity contribution in [3.8, 4) is 0 Å². The van der Waals surface area contributed by atoms with Crippen molar-refractivity contribution in [2.24, 2.45) is 5.73 Å². The predicted octanol–water partition coefficient (Wildman–Crippen LogP) is 4.53. The smallest absolute Gasteiger partial charge is 0.258 e. The van der Waals surface area contributed by atoms with Gasteiger partial charge in [-0.3, -0.25) is 9.69 Å². The van der Waals surface area contributed by atoms with Crippen molar-refractivity contribution in [2.45, 2.75) is 38.3 Å². The van der Waals surface area contributed by atoms with Crippen LogP contribution in [0.2, 0.25) is 0 Å². The number of halogens is 1. The van der Waals surface area contributed by atoms with Gasteiger partial charge < -0.3 is 15.4 Å². The fraction of sp³-hybridized carbons (Fsp3) is 0.423. The summed E-state index contributed by atoms with van der Waals surface area (Å²) in [6, 6.07) is 13.5. The molecule has 174 valence electrons. The number of carbonyl (C=O) groups excluding carboxylic acids is 1. The van der Waals surface area contributed by atoms with Gasteiger partial charge in [-0.05, 0) is 68.0 Å². The molecule has 2 aromatic carbocycles. The number of piperazine rings is 1. The number of carbonyl (C=O) groups is 1. The number of nitrogens with two attached hydrogens (primary N) is 1. The maximum Gasteiger partial charge on any atom is 0.258 e. The highest BCUT2D eigenvalue weighted by Gasteiger charge is 2.37. The van der Waals surface area contributed by atoms with Gasteiger partial charge in [0.15, 0.2) is 0 Å². The van der Waals surface area contributed by atoms with Gasteiger partial charge >= 0.3 is 0 Å². The summed E-state index contributed by atoms with van der Waals surface area (Å²) in [6.07, 6.45) is 1.70. The lowest BCUT2D eigenvalue weighted by atomic mass is 9.92. The van der Waals surface area contributed by atoms with E-state index in [9.17, 15) is 9.18 Å². The maximum absolute atomic E-state index is 13.7. The molecule has 2 N–H and O–H groups in total. The molecule has 1 aromatic heterocycles. The van der Waals surface area contributed by atoms with E-state index in [-0.39, 0.29) is 17.3 Å². The average molecular weight is 468 g/mol. The van der Waals surface area contributed by atoms with Crippen molar-refractivity contribution in [1.29, 1.82) is 0 Å². The summed E-state index contributed by atoms with van der Waals surface area (Å²) < 4.78 is 19.9. The molecule has 0 saturated carbocycles. The quantitative estimate of drug-likeness (QED) is 0.599. The minimum Gasteiger partial charge on any atom is -0.369 e. The molecule has 1 saturated heterocycles. The first-order chi connectivity index (χ1) is 15.8. The van der Waals surface area contributed by atoms with Crippen molar-refractivity contribution >= 4 is 33.7 Å². The number of amides is 1. The summed E-state index contributed by atoms with van der Waals surface area (Å²) in [5.41, 5.74) is 7.51. The predicted molar refractivity (Wildman–Crippen MR) is 132 cm³/mol. The van der Waals surface area contributed by atoms with Gasteiger partial charge in [0.2, 0.25) is 0 Å². The van der Waals surface area contributed by atoms with Gasteiger partial charge in [-0.15, -0.1) is 11.3 Å². The van der Waals surface area contributed by atoms with Crippen LogP contribution in [0.5, 0.6) is 0 Å². The fourth-order valence-corrected chi connectivity index (χ4v) is 6.43. The number of fused-ring (bicyclic) bond motifs is 2. The molecule has 2 atom stereocenters. The highest BCUT2D eigenvalue weighted by Crippen LogP contribution is 2.41. The number of benzene rings is 2. The zero-order valence-corrected chi connectivity index (χ0v) is 20.0. The molecule has 3 aromatic rings. The van der Waals surface area contributed by atoms with E-state index in [1.807, 2.05) is 24.3 Å². The Balaban J connectivity index is 1.27. The third-order valence-electron chi connectivity index (χ3n) is 7.13. The van der Waals surface area contributed by atoms with Crippen LogP contribution in [0.3, 0.4) is 0 Å². The fourth-order valence-electron chi connectivity index (χ4n) is 5.24. The molecule has 1 fully saturated rings. The monoisotopic (exact) mass is 467 g/mol. The van der Waals surface area contributed by atoms with E-state index in [0.29, 0.717) is 17.5 Å². The van der Waals surface area contributed by atoms with Crippen molar-refractivity contribution < 1.29 is 13.9 Å². The van der Waals surface area contributed by atoms with E-state index >= 15 is 0 Å². The van der Waals surface area contributed by atoms with Gasteiger partial charge in [0.05, 0.1) is 11.5 Å². The van der Waals surface area contributed by atoms with Gasteiger partial charge in [-0.1, -0.05) is 12.1 Å². The molecule has 0 radical (unpaired) electrons. The molecule has 0 aliphatic carbocycles. The molecular weight excluding hydrogens is 437 g/mol. The second kappa shape index (κ2) is 8.70. The van der Waals surface area contributed by atoms with Crippen molar-refractivity contribution in [3.63, 3.8) is 0 Å². The van der Waals surface area contributed by atoms with Crippen molar-refractivity contribution in [2.75, 3.05) is 37.7 Å². The number of thiophene rings is 1. The van der Waals surface area contributed by atoms with E-state index in [1.54, 1.807) is 12.1 Å². The number of hydrogen-bond donors (Lipinski definition) is 1. The lowest BCUT2D eigenvalue weighted by molar-refractivity contribution is -0.0559. The molecule has 5 rings (SSSR count). The summed E-state index contributed by atoms with van der Waals surface area (Å²) in [6.45, 7) is 8.81. The molecule has 0 bridgehead atoms. The number of anilines is 1. The zero-order chi connectivity index (χ0) is 23.2. The molecule has 7 heteroatoms. The van der Waals surface area contributed by atoms with E-state index < -0.39 is 0 Å². The molecule has 1 amide bonds. The summed E-state index contributed by atoms with van der Waals surface area (Å²) in [5, 5.41) is 2.03. The Bertz CT molecular complexity index is 1200. The number of nitrogens with zero attached hydrogens (tertiary/aromatic N) is 2. The molecule has 5 nitrogen and oxygen atoms in total. The molecule has 0 spiro atoms. The Kier molecular flexibility index (Phi) is 5.89. The van der Waals surface area contributed by atoms with Crippen LogP contribution < -0.4 is 10.6 Å². The first kappa shape index (κ1) is 22.3. The summed E-state index contributed by atoms with van der Waals surface area (Å²) in [7, 11) is 0. The molecule has 2 aliphatic rings. The van der Waals surface area contributed by atoms with Crippen molar-refractivity contribution in [3.05, 3.63) is 63.6 Å². The van der Waals surface area contributed by atoms with Crippen LogP contribution in [0.15, 0.2) is 42.5 Å². The normalized spacial score (nSPS) is 23.6. The van der Waals surface area contributed by atoms with Crippen LogP contribution in [0, 0.1) is 5.82 Å². The minimum absolute atomic E-state index is 0.201. The third-order valence-corrected chi connectivity index (χ3v) is 8.56. The number of primary amides is 1. The summed E-state index contributed by atoms with van der Waals surface area (Å²) in [5.74, 6) is -0.564. The Labute approximate surface area is 197 Å². The van der Waals surface area contributed by atoms with Gasteiger partial charge in [-0.2, -0.15) is 0 Å². The van der Waals surface area contributed by atoms with Gasteiger partial charge in [-0.25, -0.2) is 4.39 Å². The SMILES string of the molecule is C[C@@H]1CN(c2cccc3cc(F)ccc23)CCN1CCC1(C)OCCc2cc(C(N)=O)sc21. The van der Waals surface area contributed by atoms with Crippen LogP contribution in [-0.2, 0) is 16.8 Å². The van der Waals surface area contributed by atoms with Crippen LogP contribution in [0.4, 0.5) is 10.1 Å². The second-order valence-electron chi connectivity index (χ2n) is 9.38. The maximum atomic E-state index is 13.7. The van der Waals surface area contributed by atoms with Crippen LogP contribution in [0.1, 0.15) is 40.4 Å². The largest absolute Gasteiger partial charge is 0.369 e. The second-order valence-corrected chi connectivity index (χ2v) is 10.4. The Morgan fingerprint density at radius 1 is 1.27 bits per heavy atom. The van der Waals surface area contributed by atoms with E-state index in [4.69, 9.17) is 10.5 Å². The van der Waals surface area contributed by atoms with Crippen LogP contribution in [-0.4, -0.2) is 49.6 Å².